The molecule has 1 aromatic heterocycles. The molecule has 0 aliphatic carbocycles. The average Bonchev–Trinajstić information content (AvgIpc) is 3.16. The molecule has 0 radical (unpaired) electrons. The van der Waals surface area contributed by atoms with E-state index in [4.69, 9.17) is 4.74 Å². The molecule has 0 aliphatic heterocycles. The molecule has 0 bridgehead atoms. The second-order valence-electron chi connectivity index (χ2n) is 5.59. The van der Waals surface area contributed by atoms with Crippen molar-refractivity contribution in [2.24, 2.45) is 0 Å². The third kappa shape index (κ3) is 3.68. The first-order valence-electron chi connectivity index (χ1n) is 7.83. The summed E-state index contributed by atoms with van der Waals surface area (Å²) in [6.07, 6.45) is 3.52. The van der Waals surface area contributed by atoms with Crippen molar-refractivity contribution in [2.45, 2.75) is 13.0 Å². The van der Waals surface area contributed by atoms with Gasteiger partial charge < -0.3 is 10.1 Å². The summed E-state index contributed by atoms with van der Waals surface area (Å²) in [7, 11) is 1.41. The van der Waals surface area contributed by atoms with Crippen LogP contribution in [0.4, 0.5) is 4.39 Å². The molecule has 6 heteroatoms. The van der Waals surface area contributed by atoms with E-state index in [-0.39, 0.29) is 17.7 Å². The Kier molecular flexibility index (Phi) is 4.79. The summed E-state index contributed by atoms with van der Waals surface area (Å²) in [5, 5.41) is 7.00. The first-order chi connectivity index (χ1) is 12.1. The van der Waals surface area contributed by atoms with Crippen molar-refractivity contribution >= 4 is 5.91 Å². The Morgan fingerprint density at radius 3 is 2.60 bits per heavy atom. The lowest BCUT2D eigenvalue weighted by molar-refractivity contribution is 0.0940. The van der Waals surface area contributed by atoms with Crippen LogP contribution in [0, 0.1) is 5.82 Å². The molecule has 25 heavy (non-hydrogen) atoms. The van der Waals surface area contributed by atoms with Gasteiger partial charge >= 0.3 is 0 Å². The standard InChI is InChI=1S/C19H18FN3O2/c1-13(15-6-9-18(25-2)17(20)12-15)22-19(24)14-4-7-16(8-5-14)23-11-3-10-21-23/h3-13H,1-2H3,(H,22,24). The summed E-state index contributed by atoms with van der Waals surface area (Å²) in [5.41, 5.74) is 2.06. The van der Waals surface area contributed by atoms with E-state index in [2.05, 4.69) is 10.4 Å². The number of rotatable bonds is 5. The van der Waals surface area contributed by atoms with Gasteiger partial charge in [0.15, 0.2) is 11.6 Å². The highest BCUT2D eigenvalue weighted by Gasteiger charge is 2.13. The van der Waals surface area contributed by atoms with Gasteiger partial charge in [0.05, 0.1) is 18.8 Å². The van der Waals surface area contributed by atoms with Crippen LogP contribution >= 0.6 is 0 Å². The molecule has 128 valence electrons. The molecular formula is C19H18FN3O2. The minimum Gasteiger partial charge on any atom is -0.494 e. The fourth-order valence-electron chi connectivity index (χ4n) is 2.50. The zero-order valence-electron chi connectivity index (χ0n) is 13.9. The van der Waals surface area contributed by atoms with E-state index < -0.39 is 5.82 Å². The monoisotopic (exact) mass is 339 g/mol. The van der Waals surface area contributed by atoms with Crippen molar-refractivity contribution in [3.63, 3.8) is 0 Å². The quantitative estimate of drug-likeness (QED) is 0.774. The molecule has 3 rings (SSSR count). The molecule has 0 aliphatic rings. The van der Waals surface area contributed by atoms with Crippen LogP contribution in [0.15, 0.2) is 60.9 Å². The van der Waals surface area contributed by atoms with E-state index in [0.717, 1.165) is 5.69 Å². The number of ether oxygens (including phenoxy) is 1. The number of methoxy groups -OCH3 is 1. The van der Waals surface area contributed by atoms with Crippen LogP contribution in [-0.4, -0.2) is 22.8 Å². The van der Waals surface area contributed by atoms with Gasteiger partial charge in [-0.1, -0.05) is 6.07 Å². The van der Waals surface area contributed by atoms with Crippen LogP contribution in [-0.2, 0) is 0 Å². The number of hydrogen-bond donors (Lipinski definition) is 1. The van der Waals surface area contributed by atoms with Crippen LogP contribution in [0.3, 0.4) is 0 Å². The second-order valence-corrected chi connectivity index (χ2v) is 5.59. The maximum Gasteiger partial charge on any atom is 0.251 e. The molecule has 3 aromatic rings. The average molecular weight is 339 g/mol. The van der Waals surface area contributed by atoms with Crippen molar-refractivity contribution in [1.29, 1.82) is 0 Å². The predicted molar refractivity (Wildman–Crippen MR) is 92.4 cm³/mol. The summed E-state index contributed by atoms with van der Waals surface area (Å²) in [6.45, 7) is 1.80. The van der Waals surface area contributed by atoms with Gasteiger partial charge in [0.1, 0.15) is 0 Å². The molecule has 1 N–H and O–H groups in total. The number of amides is 1. The maximum atomic E-state index is 13.8. The number of aromatic nitrogens is 2. The van der Waals surface area contributed by atoms with Gasteiger partial charge in [-0.05, 0) is 55.0 Å². The number of hydrogen-bond acceptors (Lipinski definition) is 3. The first kappa shape index (κ1) is 16.7. The zero-order chi connectivity index (χ0) is 17.8. The molecule has 5 nitrogen and oxygen atoms in total. The van der Waals surface area contributed by atoms with E-state index >= 15 is 0 Å². The maximum absolute atomic E-state index is 13.8. The number of benzene rings is 2. The molecular weight excluding hydrogens is 321 g/mol. The third-order valence-electron chi connectivity index (χ3n) is 3.92. The lowest BCUT2D eigenvalue weighted by Gasteiger charge is -2.15. The summed E-state index contributed by atoms with van der Waals surface area (Å²) in [5.74, 6) is -0.503. The molecule has 1 amide bonds. The van der Waals surface area contributed by atoms with E-state index in [1.165, 1.54) is 13.2 Å². The Morgan fingerprint density at radius 1 is 1.24 bits per heavy atom. The molecule has 1 atom stereocenters. The number of nitrogens with one attached hydrogen (secondary N) is 1. The lowest BCUT2D eigenvalue weighted by Crippen LogP contribution is -2.26. The minimum absolute atomic E-state index is 0.177. The van der Waals surface area contributed by atoms with E-state index in [0.29, 0.717) is 11.1 Å². The van der Waals surface area contributed by atoms with Gasteiger partial charge in [-0.2, -0.15) is 5.10 Å². The molecule has 0 saturated carbocycles. The van der Waals surface area contributed by atoms with Crippen molar-refractivity contribution < 1.29 is 13.9 Å². The lowest BCUT2D eigenvalue weighted by atomic mass is 10.1. The highest BCUT2D eigenvalue weighted by Crippen LogP contribution is 2.22. The molecule has 0 fully saturated rings. The summed E-state index contributed by atoms with van der Waals surface area (Å²) in [4.78, 5) is 12.4. The SMILES string of the molecule is COc1ccc(C(C)NC(=O)c2ccc(-n3cccn3)cc2)cc1F. The normalized spacial score (nSPS) is 11.8. The van der Waals surface area contributed by atoms with Gasteiger partial charge in [0.2, 0.25) is 0 Å². The number of carbonyl (C=O) groups excluding carboxylic acids is 1. The second kappa shape index (κ2) is 7.17. The van der Waals surface area contributed by atoms with Gasteiger partial charge in [-0.15, -0.1) is 0 Å². The largest absolute Gasteiger partial charge is 0.494 e. The minimum atomic E-state index is -0.454. The Balaban J connectivity index is 1.70. The fraction of sp³-hybridized carbons (Fsp3) is 0.158. The van der Waals surface area contributed by atoms with Crippen LogP contribution < -0.4 is 10.1 Å². The molecule has 1 unspecified atom stereocenters. The Hall–Kier alpha value is -3.15. The topological polar surface area (TPSA) is 56.1 Å². The number of nitrogens with zero attached hydrogens (tertiary/aromatic N) is 2. The van der Waals surface area contributed by atoms with E-state index in [9.17, 15) is 9.18 Å². The first-order valence-corrected chi connectivity index (χ1v) is 7.83. The smallest absolute Gasteiger partial charge is 0.251 e. The molecule has 2 aromatic carbocycles. The van der Waals surface area contributed by atoms with Gasteiger partial charge in [-0.3, -0.25) is 4.79 Å². The Bertz CT molecular complexity index is 861. The highest BCUT2D eigenvalue weighted by molar-refractivity contribution is 5.94. The van der Waals surface area contributed by atoms with Crippen molar-refractivity contribution in [2.75, 3.05) is 7.11 Å². The Morgan fingerprint density at radius 2 is 2.00 bits per heavy atom. The van der Waals surface area contributed by atoms with Crippen LogP contribution in [0.1, 0.15) is 28.9 Å². The van der Waals surface area contributed by atoms with Crippen LogP contribution in [0.5, 0.6) is 5.75 Å². The zero-order valence-corrected chi connectivity index (χ0v) is 13.9. The molecule has 0 saturated heterocycles. The van der Waals surface area contributed by atoms with Gasteiger partial charge in [-0.25, -0.2) is 9.07 Å². The summed E-state index contributed by atoms with van der Waals surface area (Å²) < 4.78 is 20.4. The molecule has 1 heterocycles. The van der Waals surface area contributed by atoms with Gasteiger partial charge in [0, 0.05) is 18.0 Å². The summed E-state index contributed by atoms with van der Waals surface area (Å²) in [6, 6.07) is 13.2. The third-order valence-corrected chi connectivity index (χ3v) is 3.92. The van der Waals surface area contributed by atoms with E-state index in [1.807, 2.05) is 24.4 Å². The highest BCUT2D eigenvalue weighted by atomic mass is 19.1. The molecule has 0 spiro atoms. The van der Waals surface area contributed by atoms with Crippen LogP contribution in [0.2, 0.25) is 0 Å². The van der Waals surface area contributed by atoms with Crippen LogP contribution in [0.25, 0.3) is 5.69 Å². The predicted octanol–water partition coefficient (Wildman–Crippen LogP) is 3.51. The Labute approximate surface area is 145 Å². The van der Waals surface area contributed by atoms with Crippen molar-refractivity contribution in [1.82, 2.24) is 15.1 Å². The summed E-state index contributed by atoms with van der Waals surface area (Å²) >= 11 is 0. The van der Waals surface area contributed by atoms with Crippen molar-refractivity contribution in [3.05, 3.63) is 77.9 Å². The fourth-order valence-corrected chi connectivity index (χ4v) is 2.50. The number of carbonyl (C=O) groups is 1. The number of halogens is 1. The van der Waals surface area contributed by atoms with E-state index in [1.54, 1.807) is 42.1 Å². The van der Waals surface area contributed by atoms with Crippen molar-refractivity contribution in [3.8, 4) is 11.4 Å². The van der Waals surface area contributed by atoms with Gasteiger partial charge in [0.25, 0.3) is 5.91 Å².